The predicted molar refractivity (Wildman–Crippen MR) is 88.6 cm³/mol. The fourth-order valence-corrected chi connectivity index (χ4v) is 1.01. The monoisotopic (exact) mass is 525 g/mol. The van der Waals surface area contributed by atoms with Crippen molar-refractivity contribution in [2.45, 2.75) is 39.5 Å². The molecule has 26 heavy (non-hydrogen) atoms. The molecule has 9 nitrogen and oxygen atoms in total. The molecule has 3 radical (unpaired) electrons. The number of unbranched alkanes of at least 4 members (excludes halogenated alkanes) is 1. The Morgan fingerprint density at radius 2 is 1.23 bits per heavy atom. The van der Waals surface area contributed by atoms with Crippen LogP contribution in [0.25, 0.3) is 0 Å². The zero-order valence-corrected chi connectivity index (χ0v) is 19.6. The zero-order valence-electron chi connectivity index (χ0n) is 16.4. The molecule has 175 valence electrons. The molecule has 0 aromatic carbocycles. The van der Waals surface area contributed by atoms with Crippen molar-refractivity contribution in [3.8, 4) is 0 Å². The molecule has 0 aliphatic carbocycles. The maximum Gasteiger partial charge on any atom is 0.345 e. The second-order valence-corrected chi connectivity index (χ2v) is 3.60. The molecule has 0 heterocycles. The van der Waals surface area contributed by atoms with Crippen molar-refractivity contribution in [1.82, 2.24) is 0 Å². The molecule has 0 aromatic rings. The second-order valence-electron chi connectivity index (χ2n) is 3.60. The van der Waals surface area contributed by atoms with Gasteiger partial charge in [-0.1, -0.05) is 26.7 Å². The molecule has 0 rings (SSSR count). The molecular weight excluding hydrogens is 489 g/mol. The molecule has 12 heteroatoms. The first kappa shape index (κ1) is 56.3. The molecule has 0 amide bonds. The fraction of sp³-hybridized carbons (Fsp3) is 0.786. The SMILES string of the molecule is CCCCC(CC)C(=O)OO.COC.COC.OO.[CH2-]OO.[CH3-].[Co].[Co].[Co]. The van der Waals surface area contributed by atoms with Crippen molar-refractivity contribution in [3.63, 3.8) is 0 Å². The molecule has 0 saturated carbocycles. The number of carbonyl (C=O) groups excluding carboxylic acids is 1. The summed E-state index contributed by atoms with van der Waals surface area (Å²) in [6, 6.07) is 0. The Morgan fingerprint density at radius 1 is 0.962 bits per heavy atom. The summed E-state index contributed by atoms with van der Waals surface area (Å²) < 4.78 is 8.50. The van der Waals surface area contributed by atoms with Gasteiger partial charge >= 0.3 is 5.97 Å². The van der Waals surface area contributed by atoms with E-state index in [1.54, 1.807) is 28.4 Å². The van der Waals surface area contributed by atoms with Gasteiger partial charge in [-0.2, -0.15) is 12.4 Å². The van der Waals surface area contributed by atoms with Crippen LogP contribution in [-0.4, -0.2) is 55.4 Å². The van der Waals surface area contributed by atoms with Crippen LogP contribution in [0.15, 0.2) is 0 Å². The van der Waals surface area contributed by atoms with Gasteiger partial charge in [-0.05, 0) is 12.8 Å². The Morgan fingerprint density at radius 3 is 1.38 bits per heavy atom. The topological polar surface area (TPSA) is 135 Å². The third kappa shape index (κ3) is 86.0. The molecule has 1 atom stereocenters. The van der Waals surface area contributed by atoms with Crippen molar-refractivity contribution in [1.29, 1.82) is 0 Å². The molecule has 0 bridgehead atoms. The normalized spacial score (nSPS) is 7.65. The minimum atomic E-state index is -0.499. The van der Waals surface area contributed by atoms with Crippen LogP contribution in [0.1, 0.15) is 39.5 Å². The number of rotatable bonds is 5. The second kappa shape index (κ2) is 72.5. The van der Waals surface area contributed by atoms with E-state index >= 15 is 0 Å². The summed E-state index contributed by atoms with van der Waals surface area (Å²) in [6.07, 6.45) is 3.62. The minimum absolute atomic E-state index is 0. The van der Waals surface area contributed by atoms with Gasteiger partial charge in [0, 0.05) is 78.8 Å². The molecule has 0 aliphatic rings. The van der Waals surface area contributed by atoms with Gasteiger partial charge in [0.25, 0.3) is 0 Å². The molecule has 0 fully saturated rings. The van der Waals surface area contributed by atoms with E-state index in [-0.39, 0.29) is 63.7 Å². The van der Waals surface area contributed by atoms with Crippen molar-refractivity contribution in [3.05, 3.63) is 14.5 Å². The summed E-state index contributed by atoms with van der Waals surface area (Å²) in [5.74, 6) is -0.624. The number of ether oxygens (including phenoxy) is 2. The smallest absolute Gasteiger partial charge is 0.345 e. The number of hydrogen-bond donors (Lipinski definition) is 4. The van der Waals surface area contributed by atoms with Crippen LogP contribution < -0.4 is 0 Å². The van der Waals surface area contributed by atoms with Gasteiger partial charge < -0.3 is 26.7 Å². The van der Waals surface area contributed by atoms with Crippen LogP contribution in [0.4, 0.5) is 0 Å². The van der Waals surface area contributed by atoms with Crippen LogP contribution in [-0.2, 0) is 74.4 Å². The minimum Gasteiger partial charge on any atom is -0.419 e. The largest absolute Gasteiger partial charge is 0.419 e. The van der Waals surface area contributed by atoms with Gasteiger partial charge in [-0.15, -0.1) is 0 Å². The Kier molecular flexibility index (Phi) is 157. The zero-order chi connectivity index (χ0) is 18.8. The molecule has 0 aromatic heterocycles. The maximum atomic E-state index is 10.8. The third-order valence-corrected chi connectivity index (χ3v) is 1.82. The molecule has 0 spiro atoms. The van der Waals surface area contributed by atoms with E-state index in [1.165, 1.54) is 0 Å². The summed E-state index contributed by atoms with van der Waals surface area (Å²) in [7, 11) is 9.04. The maximum absolute atomic E-state index is 10.8. The fourth-order valence-electron chi connectivity index (χ4n) is 1.01. The van der Waals surface area contributed by atoms with E-state index in [9.17, 15) is 4.79 Å². The van der Waals surface area contributed by atoms with Gasteiger partial charge in [0.1, 0.15) is 0 Å². The van der Waals surface area contributed by atoms with Crippen molar-refractivity contribution < 1.29 is 95.4 Å². The molecule has 4 N–H and O–H groups in total. The summed E-state index contributed by atoms with van der Waals surface area (Å²) in [5.41, 5.74) is 0. The third-order valence-electron chi connectivity index (χ3n) is 1.82. The Balaban J connectivity index is -0.0000000235. The van der Waals surface area contributed by atoms with E-state index in [0.29, 0.717) is 0 Å². The standard InChI is InChI=1S/C8H16O3.2C2H6O.CH3O2.CH3.3Co.H2O2/c1-3-5-6-7(4-2)8(9)11-10;3*1-3-2;;;;;1-2/h7,10H,3-6H2,1-2H3;2*1-2H3;2H,1H2;1H3;;;;1-2H/q;;;2*-1;;;;. The summed E-state index contributed by atoms with van der Waals surface area (Å²) in [5, 5.41) is 27.0. The predicted octanol–water partition coefficient (Wildman–Crippen LogP) is 3.47. The van der Waals surface area contributed by atoms with Crippen molar-refractivity contribution in [2.75, 3.05) is 28.4 Å². The first-order chi connectivity index (χ1) is 10.5. The summed E-state index contributed by atoms with van der Waals surface area (Å²) in [4.78, 5) is 17.4. The Bertz CT molecular complexity index is 166. The first-order valence-corrected chi connectivity index (χ1v) is 6.41. The Labute approximate surface area is 189 Å². The van der Waals surface area contributed by atoms with E-state index < -0.39 is 5.97 Å². The van der Waals surface area contributed by atoms with E-state index in [1.807, 2.05) is 6.92 Å². The number of carbonyl (C=O) groups is 1. The van der Waals surface area contributed by atoms with Gasteiger partial charge in [-0.25, -0.2) is 4.79 Å². The van der Waals surface area contributed by atoms with Gasteiger partial charge in [-0.3, -0.25) is 15.8 Å². The van der Waals surface area contributed by atoms with Crippen LogP contribution in [0.5, 0.6) is 0 Å². The average molecular weight is 525 g/mol. The quantitative estimate of drug-likeness (QED) is 0.242. The van der Waals surface area contributed by atoms with Crippen molar-refractivity contribution in [2.24, 2.45) is 5.92 Å². The molecule has 1 unspecified atom stereocenters. The van der Waals surface area contributed by atoms with Crippen molar-refractivity contribution >= 4 is 5.97 Å². The Hall–Kier alpha value is 0.709. The summed E-state index contributed by atoms with van der Waals surface area (Å²) >= 11 is 0. The molecule has 0 saturated heterocycles. The first-order valence-electron chi connectivity index (χ1n) is 6.41. The van der Waals surface area contributed by atoms with Crippen LogP contribution in [0.3, 0.4) is 0 Å². The van der Waals surface area contributed by atoms with Gasteiger partial charge in [0.15, 0.2) is 0 Å². The number of methoxy groups -OCH3 is 2. The van der Waals surface area contributed by atoms with Gasteiger partial charge in [0.2, 0.25) is 0 Å². The number of hydrogen-bond acceptors (Lipinski definition) is 9. The van der Waals surface area contributed by atoms with E-state index in [2.05, 4.69) is 33.3 Å². The average Bonchev–Trinajstić information content (AvgIpc) is 2.52. The van der Waals surface area contributed by atoms with Crippen LogP contribution in [0.2, 0.25) is 0 Å². The van der Waals surface area contributed by atoms with Gasteiger partial charge in [0.05, 0.1) is 5.92 Å². The van der Waals surface area contributed by atoms with Crippen LogP contribution in [0, 0.1) is 20.5 Å². The van der Waals surface area contributed by atoms with E-state index in [0.717, 1.165) is 25.7 Å². The summed E-state index contributed by atoms with van der Waals surface area (Å²) in [6.45, 7) is 3.98. The molecule has 0 aliphatic heterocycles. The van der Waals surface area contributed by atoms with E-state index in [4.69, 9.17) is 21.0 Å². The molecular formula is C14H36Co3O9-2. The van der Waals surface area contributed by atoms with Crippen LogP contribution >= 0.6 is 0 Å².